The predicted molar refractivity (Wildman–Crippen MR) is 100 cm³/mol. The summed E-state index contributed by atoms with van der Waals surface area (Å²) in [6, 6.07) is 17.7. The number of carbonyl (C=O) groups is 1. The van der Waals surface area contributed by atoms with E-state index in [1.807, 2.05) is 30.3 Å². The minimum atomic E-state index is -0.212. The zero-order valence-electron chi connectivity index (χ0n) is 14.9. The van der Waals surface area contributed by atoms with Gasteiger partial charge in [0, 0.05) is 12.0 Å². The number of hydrogen-bond donors (Lipinski definition) is 1. The Morgan fingerprint density at radius 2 is 1.54 bits per heavy atom. The highest BCUT2D eigenvalue weighted by Gasteiger charge is 2.32. The van der Waals surface area contributed by atoms with Gasteiger partial charge in [-0.1, -0.05) is 42.5 Å². The second kappa shape index (κ2) is 7.58. The standard InChI is InChI=1S/C22H25FN2O/c23-19-8-6-17(7-9-19)21(16-4-2-1-3-5-16)25-14-12-18(13-15-25)22(26)24-20-10-11-20/h1-9,18,20-21H,10-15H2,(H,24,26). The van der Waals surface area contributed by atoms with E-state index in [1.54, 1.807) is 0 Å². The summed E-state index contributed by atoms with van der Waals surface area (Å²) >= 11 is 0. The van der Waals surface area contributed by atoms with Crippen molar-refractivity contribution in [2.75, 3.05) is 13.1 Å². The van der Waals surface area contributed by atoms with Crippen LogP contribution in [0.25, 0.3) is 0 Å². The van der Waals surface area contributed by atoms with E-state index in [0.29, 0.717) is 6.04 Å². The summed E-state index contributed by atoms with van der Waals surface area (Å²) in [6.07, 6.45) is 4.02. The van der Waals surface area contributed by atoms with E-state index < -0.39 is 0 Å². The van der Waals surface area contributed by atoms with E-state index in [4.69, 9.17) is 0 Å². The highest BCUT2D eigenvalue weighted by molar-refractivity contribution is 5.79. The Balaban J connectivity index is 1.50. The van der Waals surface area contributed by atoms with Crippen LogP contribution in [-0.4, -0.2) is 29.9 Å². The van der Waals surface area contributed by atoms with Crippen molar-refractivity contribution in [2.24, 2.45) is 5.92 Å². The third-order valence-corrected chi connectivity index (χ3v) is 5.49. The first-order valence-corrected chi connectivity index (χ1v) is 9.55. The van der Waals surface area contributed by atoms with Gasteiger partial charge in [0.25, 0.3) is 0 Å². The molecule has 1 heterocycles. The van der Waals surface area contributed by atoms with Gasteiger partial charge in [-0.05, 0) is 62.0 Å². The Morgan fingerprint density at radius 1 is 0.923 bits per heavy atom. The van der Waals surface area contributed by atoms with Crippen LogP contribution in [0.2, 0.25) is 0 Å². The van der Waals surface area contributed by atoms with Gasteiger partial charge in [-0.25, -0.2) is 4.39 Å². The molecule has 2 aliphatic rings. The smallest absolute Gasteiger partial charge is 0.223 e. The highest BCUT2D eigenvalue weighted by Crippen LogP contribution is 2.33. The second-order valence-corrected chi connectivity index (χ2v) is 7.46. The average molecular weight is 352 g/mol. The number of likely N-dealkylation sites (tertiary alicyclic amines) is 1. The van der Waals surface area contributed by atoms with E-state index >= 15 is 0 Å². The summed E-state index contributed by atoms with van der Waals surface area (Å²) in [6.45, 7) is 1.75. The van der Waals surface area contributed by atoms with E-state index in [1.165, 1.54) is 17.7 Å². The normalized spacial score (nSPS) is 19.9. The number of benzene rings is 2. The predicted octanol–water partition coefficient (Wildman–Crippen LogP) is 3.91. The lowest BCUT2D eigenvalue weighted by Gasteiger charge is -2.37. The summed E-state index contributed by atoms with van der Waals surface area (Å²) in [5.74, 6) is 0.137. The van der Waals surface area contributed by atoms with Crippen LogP contribution in [0.5, 0.6) is 0 Å². The van der Waals surface area contributed by atoms with Crippen molar-refractivity contribution >= 4 is 5.91 Å². The van der Waals surface area contributed by atoms with Crippen molar-refractivity contribution < 1.29 is 9.18 Å². The fourth-order valence-corrected chi connectivity index (χ4v) is 3.86. The zero-order chi connectivity index (χ0) is 17.9. The molecule has 2 aromatic carbocycles. The molecule has 3 nitrogen and oxygen atoms in total. The molecule has 4 rings (SSSR count). The van der Waals surface area contributed by atoms with Crippen molar-refractivity contribution in [2.45, 2.75) is 37.8 Å². The zero-order valence-corrected chi connectivity index (χ0v) is 14.9. The first-order valence-electron chi connectivity index (χ1n) is 9.55. The Hall–Kier alpha value is -2.20. The third kappa shape index (κ3) is 3.96. The molecule has 1 aliphatic carbocycles. The molecule has 1 N–H and O–H groups in total. The topological polar surface area (TPSA) is 32.3 Å². The largest absolute Gasteiger partial charge is 0.353 e. The monoisotopic (exact) mass is 352 g/mol. The second-order valence-electron chi connectivity index (χ2n) is 7.46. The highest BCUT2D eigenvalue weighted by atomic mass is 19.1. The van der Waals surface area contributed by atoms with Crippen LogP contribution in [0.15, 0.2) is 54.6 Å². The molecule has 26 heavy (non-hydrogen) atoms. The number of carbonyl (C=O) groups excluding carboxylic acids is 1. The molecule has 1 aliphatic heterocycles. The lowest BCUT2D eigenvalue weighted by Crippen LogP contribution is -2.42. The number of amides is 1. The molecule has 1 amide bonds. The molecule has 0 aromatic heterocycles. The number of rotatable bonds is 5. The Labute approximate surface area is 154 Å². The molecular formula is C22H25FN2O. The van der Waals surface area contributed by atoms with Crippen molar-refractivity contribution in [3.05, 3.63) is 71.5 Å². The minimum Gasteiger partial charge on any atom is -0.353 e. The van der Waals surface area contributed by atoms with Crippen molar-refractivity contribution in [3.8, 4) is 0 Å². The van der Waals surface area contributed by atoms with Gasteiger partial charge in [0.2, 0.25) is 5.91 Å². The lowest BCUT2D eigenvalue weighted by molar-refractivity contribution is -0.126. The maximum absolute atomic E-state index is 13.4. The minimum absolute atomic E-state index is 0.101. The van der Waals surface area contributed by atoms with E-state index in [-0.39, 0.29) is 23.7 Å². The van der Waals surface area contributed by atoms with Gasteiger partial charge >= 0.3 is 0 Å². The van der Waals surface area contributed by atoms with Crippen molar-refractivity contribution in [3.63, 3.8) is 0 Å². The molecule has 136 valence electrons. The maximum Gasteiger partial charge on any atom is 0.223 e. The molecule has 1 saturated carbocycles. The van der Waals surface area contributed by atoms with Gasteiger partial charge in [-0.2, -0.15) is 0 Å². The number of hydrogen-bond acceptors (Lipinski definition) is 2. The first-order chi connectivity index (χ1) is 12.7. The van der Waals surface area contributed by atoms with E-state index in [0.717, 1.165) is 44.3 Å². The molecular weight excluding hydrogens is 327 g/mol. The maximum atomic E-state index is 13.4. The molecule has 2 fully saturated rings. The van der Waals surface area contributed by atoms with Gasteiger partial charge in [-0.15, -0.1) is 0 Å². The molecule has 1 unspecified atom stereocenters. The Bertz CT molecular complexity index is 734. The summed E-state index contributed by atoms with van der Waals surface area (Å²) in [5, 5.41) is 3.14. The molecule has 1 atom stereocenters. The fraction of sp³-hybridized carbons (Fsp3) is 0.409. The number of nitrogens with one attached hydrogen (secondary N) is 1. The van der Waals surface area contributed by atoms with Crippen LogP contribution in [0.4, 0.5) is 4.39 Å². The Morgan fingerprint density at radius 3 is 2.15 bits per heavy atom. The molecule has 1 saturated heterocycles. The molecule has 0 spiro atoms. The Kier molecular flexibility index (Phi) is 5.02. The van der Waals surface area contributed by atoms with Gasteiger partial charge in [0.05, 0.1) is 6.04 Å². The van der Waals surface area contributed by atoms with Crippen LogP contribution in [0.3, 0.4) is 0 Å². The average Bonchev–Trinajstić information content (AvgIpc) is 3.49. The number of halogens is 1. The molecule has 0 bridgehead atoms. The first kappa shape index (κ1) is 17.2. The quantitative estimate of drug-likeness (QED) is 0.885. The molecule has 0 radical (unpaired) electrons. The third-order valence-electron chi connectivity index (χ3n) is 5.49. The van der Waals surface area contributed by atoms with Crippen LogP contribution in [-0.2, 0) is 4.79 Å². The summed E-state index contributed by atoms with van der Waals surface area (Å²) in [7, 11) is 0. The summed E-state index contributed by atoms with van der Waals surface area (Å²) in [4.78, 5) is 14.8. The van der Waals surface area contributed by atoms with Crippen LogP contribution >= 0.6 is 0 Å². The number of nitrogens with zero attached hydrogens (tertiary/aromatic N) is 1. The van der Waals surface area contributed by atoms with E-state index in [9.17, 15) is 9.18 Å². The fourth-order valence-electron chi connectivity index (χ4n) is 3.86. The summed E-state index contributed by atoms with van der Waals surface area (Å²) in [5.41, 5.74) is 2.30. The SMILES string of the molecule is O=C(NC1CC1)C1CCN(C(c2ccccc2)c2ccc(F)cc2)CC1. The van der Waals surface area contributed by atoms with Crippen molar-refractivity contribution in [1.82, 2.24) is 10.2 Å². The van der Waals surface area contributed by atoms with Gasteiger partial charge in [-0.3, -0.25) is 9.69 Å². The van der Waals surface area contributed by atoms with Gasteiger partial charge in [0.1, 0.15) is 5.82 Å². The van der Waals surface area contributed by atoms with Gasteiger partial charge in [0.15, 0.2) is 0 Å². The summed E-state index contributed by atoms with van der Waals surface area (Å²) < 4.78 is 13.4. The lowest BCUT2D eigenvalue weighted by atomic mass is 9.91. The van der Waals surface area contributed by atoms with Crippen LogP contribution < -0.4 is 5.32 Å². The van der Waals surface area contributed by atoms with Gasteiger partial charge < -0.3 is 5.32 Å². The van der Waals surface area contributed by atoms with Crippen LogP contribution in [0.1, 0.15) is 42.9 Å². The van der Waals surface area contributed by atoms with E-state index in [2.05, 4.69) is 22.3 Å². The molecule has 2 aromatic rings. The molecule has 4 heteroatoms. The van der Waals surface area contributed by atoms with Crippen LogP contribution in [0, 0.1) is 11.7 Å². The number of piperidine rings is 1. The van der Waals surface area contributed by atoms with Crippen molar-refractivity contribution in [1.29, 1.82) is 0 Å².